The van der Waals surface area contributed by atoms with Gasteiger partial charge < -0.3 is 14.7 Å². The van der Waals surface area contributed by atoms with Gasteiger partial charge in [0.15, 0.2) is 0 Å². The second kappa shape index (κ2) is 7.27. The van der Waals surface area contributed by atoms with E-state index in [1.165, 1.54) is 12.8 Å². The first-order valence-electron chi connectivity index (χ1n) is 7.37. The van der Waals surface area contributed by atoms with Crippen molar-refractivity contribution in [2.45, 2.75) is 19.8 Å². The molecule has 1 aromatic carbocycles. The third kappa shape index (κ3) is 5.23. The zero-order valence-electron chi connectivity index (χ0n) is 12.7. The van der Waals surface area contributed by atoms with E-state index in [1.807, 2.05) is 26.1 Å². The lowest BCUT2D eigenvalue weighted by molar-refractivity contribution is -0.131. The minimum atomic E-state index is -0.927. The summed E-state index contributed by atoms with van der Waals surface area (Å²) in [7, 11) is 2.04. The topological polar surface area (TPSA) is 49.8 Å². The number of nitrogens with zero attached hydrogens (tertiary/aromatic N) is 1. The Morgan fingerprint density at radius 3 is 2.86 bits per heavy atom. The molecule has 4 nitrogen and oxygen atoms in total. The maximum atomic E-state index is 10.5. The number of rotatable bonds is 8. The third-order valence-corrected chi connectivity index (χ3v) is 3.72. The van der Waals surface area contributed by atoms with E-state index in [1.54, 1.807) is 6.08 Å². The molecule has 2 rings (SSSR count). The lowest BCUT2D eigenvalue weighted by Gasteiger charge is -2.20. The quantitative estimate of drug-likeness (QED) is 0.590. The van der Waals surface area contributed by atoms with Crippen LogP contribution < -0.4 is 4.90 Å². The van der Waals surface area contributed by atoms with Crippen LogP contribution in [0.3, 0.4) is 0 Å². The van der Waals surface area contributed by atoms with Crippen LogP contribution in [0.4, 0.5) is 5.69 Å². The first kappa shape index (κ1) is 15.6. The molecule has 0 atom stereocenters. The predicted molar refractivity (Wildman–Crippen MR) is 84.7 cm³/mol. The standard InChI is InChI=1S/C17H23NO3/c1-13-11-16(7-5-15(13)6-8-17(19)20)18(2)9-10-21-12-14-3-4-14/h5-8,11,14H,3-4,9-10,12H2,1-2H3,(H,19,20)/b8-6+. The van der Waals surface area contributed by atoms with E-state index in [0.29, 0.717) is 0 Å². The van der Waals surface area contributed by atoms with Crippen LogP contribution in [0.2, 0.25) is 0 Å². The number of hydrogen-bond donors (Lipinski definition) is 1. The Morgan fingerprint density at radius 2 is 2.24 bits per heavy atom. The summed E-state index contributed by atoms with van der Waals surface area (Å²) < 4.78 is 5.65. The highest BCUT2D eigenvalue weighted by atomic mass is 16.5. The van der Waals surface area contributed by atoms with Crippen LogP contribution in [-0.2, 0) is 9.53 Å². The van der Waals surface area contributed by atoms with Gasteiger partial charge in [0, 0.05) is 32.0 Å². The molecule has 1 aromatic rings. The fourth-order valence-electron chi connectivity index (χ4n) is 2.11. The molecule has 4 heteroatoms. The highest BCUT2D eigenvalue weighted by molar-refractivity contribution is 5.85. The molecule has 0 spiro atoms. The van der Waals surface area contributed by atoms with E-state index < -0.39 is 5.97 Å². The van der Waals surface area contributed by atoms with Crippen LogP contribution in [0.25, 0.3) is 6.08 Å². The van der Waals surface area contributed by atoms with E-state index >= 15 is 0 Å². The molecule has 114 valence electrons. The van der Waals surface area contributed by atoms with E-state index in [-0.39, 0.29) is 0 Å². The van der Waals surface area contributed by atoms with Gasteiger partial charge in [-0.25, -0.2) is 4.79 Å². The summed E-state index contributed by atoms with van der Waals surface area (Å²) in [6.07, 6.45) is 5.43. The maximum Gasteiger partial charge on any atom is 0.328 e. The Labute approximate surface area is 126 Å². The number of aryl methyl sites for hydroxylation is 1. The molecule has 1 aliphatic rings. The lowest BCUT2D eigenvalue weighted by Crippen LogP contribution is -2.23. The van der Waals surface area contributed by atoms with Gasteiger partial charge in [-0.3, -0.25) is 0 Å². The van der Waals surface area contributed by atoms with Crippen molar-refractivity contribution in [2.24, 2.45) is 5.92 Å². The largest absolute Gasteiger partial charge is 0.478 e. The predicted octanol–water partition coefficient (Wildman–Crippen LogP) is 2.96. The molecular formula is C17H23NO3. The van der Waals surface area contributed by atoms with Crippen molar-refractivity contribution in [2.75, 3.05) is 31.7 Å². The Morgan fingerprint density at radius 1 is 1.48 bits per heavy atom. The van der Waals surface area contributed by atoms with E-state index in [2.05, 4.69) is 11.0 Å². The van der Waals surface area contributed by atoms with Crippen LogP contribution >= 0.6 is 0 Å². The molecule has 1 aliphatic carbocycles. The molecule has 0 heterocycles. The molecule has 0 bridgehead atoms. The molecule has 1 N–H and O–H groups in total. The highest BCUT2D eigenvalue weighted by Crippen LogP contribution is 2.28. The second-order valence-electron chi connectivity index (χ2n) is 5.65. The zero-order chi connectivity index (χ0) is 15.2. The van der Waals surface area contributed by atoms with Gasteiger partial charge in [0.2, 0.25) is 0 Å². The molecule has 1 saturated carbocycles. The molecule has 0 radical (unpaired) electrons. The molecule has 0 amide bonds. The van der Waals surface area contributed by atoms with E-state index in [4.69, 9.17) is 9.84 Å². The fraction of sp³-hybridized carbons (Fsp3) is 0.471. The summed E-state index contributed by atoms with van der Waals surface area (Å²) in [4.78, 5) is 12.7. The molecule has 0 unspecified atom stereocenters. The average molecular weight is 289 g/mol. The van der Waals surface area contributed by atoms with Crippen LogP contribution in [0, 0.1) is 12.8 Å². The number of carbonyl (C=O) groups is 1. The van der Waals surface area contributed by atoms with Gasteiger partial charge >= 0.3 is 5.97 Å². The summed E-state index contributed by atoms with van der Waals surface area (Å²) >= 11 is 0. The van der Waals surface area contributed by atoms with Crippen molar-refractivity contribution in [3.8, 4) is 0 Å². The Kier molecular flexibility index (Phi) is 5.39. The van der Waals surface area contributed by atoms with Crippen molar-refractivity contribution in [1.29, 1.82) is 0 Å². The zero-order valence-corrected chi connectivity index (χ0v) is 12.7. The molecule has 0 saturated heterocycles. The number of carboxylic acids is 1. The van der Waals surface area contributed by atoms with Gasteiger partial charge in [-0.2, -0.15) is 0 Å². The van der Waals surface area contributed by atoms with Gasteiger partial charge in [-0.1, -0.05) is 6.07 Å². The normalized spacial score (nSPS) is 14.6. The maximum absolute atomic E-state index is 10.5. The van der Waals surface area contributed by atoms with Gasteiger partial charge in [0.1, 0.15) is 0 Å². The van der Waals surface area contributed by atoms with Gasteiger partial charge in [-0.15, -0.1) is 0 Å². The summed E-state index contributed by atoms with van der Waals surface area (Å²) in [5.74, 6) is -0.124. The van der Waals surface area contributed by atoms with E-state index in [0.717, 1.165) is 48.6 Å². The minimum absolute atomic E-state index is 0.743. The number of benzene rings is 1. The fourth-order valence-corrected chi connectivity index (χ4v) is 2.11. The molecule has 1 fully saturated rings. The van der Waals surface area contributed by atoms with Crippen molar-refractivity contribution in [3.05, 3.63) is 35.4 Å². The van der Waals surface area contributed by atoms with E-state index in [9.17, 15) is 4.79 Å². The SMILES string of the molecule is Cc1cc(N(C)CCOCC2CC2)ccc1/C=C/C(=O)O. The second-order valence-corrected chi connectivity index (χ2v) is 5.65. The highest BCUT2D eigenvalue weighted by Gasteiger charge is 2.20. The average Bonchev–Trinajstić information content (AvgIpc) is 3.26. The summed E-state index contributed by atoms with van der Waals surface area (Å²) in [6.45, 7) is 4.48. The number of likely N-dealkylation sites (N-methyl/N-ethyl adjacent to an activating group) is 1. The molecular weight excluding hydrogens is 266 g/mol. The van der Waals surface area contributed by atoms with Gasteiger partial charge in [-0.05, 0) is 55.0 Å². The lowest BCUT2D eigenvalue weighted by atomic mass is 10.1. The number of carboxylic acid groups (broad SMARTS) is 1. The molecule has 21 heavy (non-hydrogen) atoms. The van der Waals surface area contributed by atoms with Crippen LogP contribution in [0.5, 0.6) is 0 Å². The summed E-state index contributed by atoms with van der Waals surface area (Å²) in [5.41, 5.74) is 3.12. The Bertz CT molecular complexity index is 521. The number of anilines is 1. The smallest absolute Gasteiger partial charge is 0.328 e. The minimum Gasteiger partial charge on any atom is -0.478 e. The first-order valence-corrected chi connectivity index (χ1v) is 7.37. The van der Waals surface area contributed by atoms with Crippen molar-refractivity contribution < 1.29 is 14.6 Å². The third-order valence-electron chi connectivity index (χ3n) is 3.72. The van der Waals surface area contributed by atoms with Crippen molar-refractivity contribution in [3.63, 3.8) is 0 Å². The number of hydrogen-bond acceptors (Lipinski definition) is 3. The van der Waals surface area contributed by atoms with Crippen LogP contribution in [0.15, 0.2) is 24.3 Å². The molecule has 0 aromatic heterocycles. The van der Waals surface area contributed by atoms with Crippen molar-refractivity contribution in [1.82, 2.24) is 0 Å². The Hall–Kier alpha value is -1.81. The van der Waals surface area contributed by atoms with Crippen LogP contribution in [-0.4, -0.2) is 37.9 Å². The first-order chi connectivity index (χ1) is 10.1. The summed E-state index contributed by atoms with van der Waals surface area (Å²) in [5, 5.41) is 8.66. The van der Waals surface area contributed by atoms with Gasteiger partial charge in [0.05, 0.1) is 6.61 Å². The van der Waals surface area contributed by atoms with Crippen molar-refractivity contribution >= 4 is 17.7 Å². The van der Waals surface area contributed by atoms with Gasteiger partial charge in [0.25, 0.3) is 0 Å². The Balaban J connectivity index is 1.86. The molecule has 0 aliphatic heterocycles. The number of ether oxygens (including phenoxy) is 1. The monoisotopic (exact) mass is 289 g/mol. The number of aliphatic carboxylic acids is 1. The summed E-state index contributed by atoms with van der Waals surface area (Å²) in [6, 6.07) is 6.03. The van der Waals surface area contributed by atoms with Crippen LogP contribution in [0.1, 0.15) is 24.0 Å².